The lowest BCUT2D eigenvalue weighted by Crippen LogP contribution is -2.29. The van der Waals surface area contributed by atoms with Gasteiger partial charge in [0.25, 0.3) is 0 Å². The number of rotatable bonds is 10. The Morgan fingerprint density at radius 3 is 1.07 bits per heavy atom. The van der Waals surface area contributed by atoms with E-state index in [-0.39, 0.29) is 5.41 Å². The Balaban J connectivity index is 0.944. The van der Waals surface area contributed by atoms with Gasteiger partial charge in [0.1, 0.15) is 24.7 Å². The number of fused-ring (bicyclic) bond motifs is 8. The van der Waals surface area contributed by atoms with E-state index in [4.69, 9.17) is 29.4 Å². The molecule has 6 heteroatoms. The highest BCUT2D eigenvalue weighted by Gasteiger charge is 2.49. The first-order valence-corrected chi connectivity index (χ1v) is 24.0. The van der Waals surface area contributed by atoms with Gasteiger partial charge in [0, 0.05) is 30.2 Å². The lowest BCUT2D eigenvalue weighted by molar-refractivity contribution is 0.370. The molecule has 0 saturated heterocycles. The smallest absolute Gasteiger partial charge is 0.149 e. The summed E-state index contributed by atoms with van der Waals surface area (Å²) in [5, 5.41) is 4.44. The number of hydrogen-bond acceptors (Lipinski definition) is 6. The van der Waals surface area contributed by atoms with Crippen molar-refractivity contribution in [2.45, 2.75) is 43.9 Å². The van der Waals surface area contributed by atoms with Crippen LogP contribution < -0.4 is 9.47 Å². The summed E-state index contributed by atoms with van der Waals surface area (Å²) in [5.74, 6) is 13.4. The molecular weight excluding hydrogens is 869 g/mol. The molecule has 6 aromatic carbocycles. The minimum Gasteiger partial charge on any atom is -0.481 e. The number of pyridine rings is 4. The van der Waals surface area contributed by atoms with Crippen molar-refractivity contribution in [2.75, 3.05) is 13.2 Å². The number of ether oxygens (including phenoxy) is 2. The molecule has 0 atom stereocenters. The molecule has 71 heavy (non-hydrogen) atoms. The summed E-state index contributed by atoms with van der Waals surface area (Å²) in [6.45, 7) is 8.99. The predicted molar refractivity (Wildman–Crippen MR) is 284 cm³/mol. The van der Waals surface area contributed by atoms with Gasteiger partial charge in [-0.15, -0.1) is 11.8 Å². The van der Waals surface area contributed by atoms with E-state index >= 15 is 0 Å². The van der Waals surface area contributed by atoms with E-state index in [9.17, 15) is 0 Å². The Kier molecular flexibility index (Phi) is 10.6. The first-order chi connectivity index (χ1) is 34.8. The molecule has 4 aromatic heterocycles. The van der Waals surface area contributed by atoms with Gasteiger partial charge in [0.2, 0.25) is 0 Å². The molecule has 0 aliphatic heterocycles. The monoisotopic (exact) mass is 916 g/mol. The van der Waals surface area contributed by atoms with E-state index in [1.54, 1.807) is 0 Å². The van der Waals surface area contributed by atoms with Crippen molar-refractivity contribution in [2.24, 2.45) is 0 Å². The molecule has 0 N–H and O–H groups in total. The van der Waals surface area contributed by atoms with Crippen LogP contribution in [-0.4, -0.2) is 33.1 Å². The van der Waals surface area contributed by atoms with Crippen molar-refractivity contribution in [3.8, 4) is 58.0 Å². The van der Waals surface area contributed by atoms with Crippen LogP contribution in [0.4, 0.5) is 0 Å². The molecule has 0 amide bonds. The van der Waals surface area contributed by atoms with E-state index in [0.717, 1.165) is 100 Å². The van der Waals surface area contributed by atoms with Gasteiger partial charge in [-0.1, -0.05) is 135 Å². The van der Waals surface area contributed by atoms with Gasteiger partial charge in [-0.05, 0) is 152 Å². The van der Waals surface area contributed by atoms with Crippen LogP contribution in [0.25, 0.3) is 44.3 Å². The maximum Gasteiger partial charge on any atom is 0.149 e. The average molecular weight is 917 g/mol. The second-order valence-electron chi connectivity index (χ2n) is 18.8. The lowest BCUT2D eigenvalue weighted by Gasteiger charge is -2.35. The SMILES string of the molecule is CC#CCOc1ccc2cc(C3(c4ccc(C(C)(C)c5ccc(C6(c7ccc8cc(OCC#CC)ccc8c7)c7cccnc7-c7ncccc76)cc5)cc4)c4cccnc4-c4ncccc43)ccc2c1. The Labute approximate surface area is 414 Å². The molecule has 0 spiro atoms. The summed E-state index contributed by atoms with van der Waals surface area (Å²) in [6.07, 6.45) is 7.47. The number of nitrogens with zero attached hydrogens (tertiary/aromatic N) is 4. The van der Waals surface area contributed by atoms with E-state index < -0.39 is 10.8 Å². The zero-order valence-electron chi connectivity index (χ0n) is 40.0. The summed E-state index contributed by atoms with van der Waals surface area (Å²) < 4.78 is 11.9. The summed E-state index contributed by atoms with van der Waals surface area (Å²) in [7, 11) is 0. The highest BCUT2D eigenvalue weighted by Crippen LogP contribution is 2.57. The third-order valence-electron chi connectivity index (χ3n) is 14.8. The molecule has 10 aromatic rings. The summed E-state index contributed by atoms with van der Waals surface area (Å²) in [4.78, 5) is 19.8. The fraction of sp³-hybridized carbons (Fsp3) is 0.138. The molecule has 340 valence electrons. The van der Waals surface area contributed by atoms with Gasteiger partial charge in [-0.3, -0.25) is 19.9 Å². The highest BCUT2D eigenvalue weighted by atomic mass is 16.5. The van der Waals surface area contributed by atoms with Gasteiger partial charge in [-0.25, -0.2) is 0 Å². The molecule has 0 saturated carbocycles. The highest BCUT2D eigenvalue weighted by molar-refractivity contribution is 5.90. The van der Waals surface area contributed by atoms with Gasteiger partial charge >= 0.3 is 0 Å². The fourth-order valence-electron chi connectivity index (χ4n) is 11.4. The Morgan fingerprint density at radius 2 is 0.718 bits per heavy atom. The van der Waals surface area contributed by atoms with Crippen LogP contribution in [0.2, 0.25) is 0 Å². The zero-order chi connectivity index (χ0) is 48.2. The Hall–Kier alpha value is -8.84. The first-order valence-electron chi connectivity index (χ1n) is 24.0. The van der Waals surface area contributed by atoms with Gasteiger partial charge in [0.15, 0.2) is 0 Å². The Morgan fingerprint density at radius 1 is 0.394 bits per heavy atom. The number of hydrogen-bond donors (Lipinski definition) is 0. The van der Waals surface area contributed by atoms with Crippen LogP contribution in [0.5, 0.6) is 11.5 Å². The van der Waals surface area contributed by atoms with Crippen LogP contribution in [-0.2, 0) is 16.2 Å². The normalized spacial score (nSPS) is 13.5. The maximum absolute atomic E-state index is 5.94. The van der Waals surface area contributed by atoms with Crippen molar-refractivity contribution in [1.29, 1.82) is 0 Å². The minimum absolute atomic E-state index is 0.350. The third kappa shape index (κ3) is 6.82. The number of benzene rings is 6. The predicted octanol–water partition coefficient (Wildman–Crippen LogP) is 13.4. The van der Waals surface area contributed by atoms with E-state index in [0.29, 0.717) is 13.2 Å². The Bertz CT molecular complexity index is 3510. The summed E-state index contributed by atoms with van der Waals surface area (Å²) >= 11 is 0. The summed E-state index contributed by atoms with van der Waals surface area (Å²) in [5.41, 5.74) is 13.4. The van der Waals surface area contributed by atoms with Crippen molar-refractivity contribution >= 4 is 21.5 Å². The van der Waals surface area contributed by atoms with E-state index in [2.05, 4.69) is 171 Å². The molecule has 0 radical (unpaired) electrons. The molecular formula is C65H48N4O2. The number of aromatic nitrogens is 4. The van der Waals surface area contributed by atoms with Crippen molar-refractivity contribution in [1.82, 2.24) is 19.9 Å². The molecule has 0 bridgehead atoms. The minimum atomic E-state index is -0.661. The zero-order valence-corrected chi connectivity index (χ0v) is 40.0. The lowest BCUT2D eigenvalue weighted by atomic mass is 9.66. The fourth-order valence-corrected chi connectivity index (χ4v) is 11.4. The van der Waals surface area contributed by atoms with Gasteiger partial charge in [0.05, 0.1) is 33.6 Å². The molecule has 0 fully saturated rings. The average Bonchev–Trinajstić information content (AvgIpc) is 3.90. The molecule has 6 nitrogen and oxygen atoms in total. The van der Waals surface area contributed by atoms with Gasteiger partial charge in [-0.2, -0.15) is 0 Å². The second-order valence-corrected chi connectivity index (χ2v) is 18.8. The maximum atomic E-state index is 5.94. The van der Waals surface area contributed by atoms with Crippen LogP contribution in [0.3, 0.4) is 0 Å². The van der Waals surface area contributed by atoms with E-state index in [1.165, 1.54) is 11.1 Å². The van der Waals surface area contributed by atoms with Crippen molar-refractivity contribution in [3.05, 3.63) is 250 Å². The summed E-state index contributed by atoms with van der Waals surface area (Å²) in [6, 6.07) is 61.6. The molecule has 4 heterocycles. The van der Waals surface area contributed by atoms with Crippen LogP contribution in [0.1, 0.15) is 83.3 Å². The third-order valence-corrected chi connectivity index (χ3v) is 14.8. The van der Waals surface area contributed by atoms with Crippen LogP contribution >= 0.6 is 0 Å². The van der Waals surface area contributed by atoms with Crippen LogP contribution in [0.15, 0.2) is 195 Å². The standard InChI is InChI=1S/C65H48N4O2/c1-5-7-37-70-53-31-19-43-39-51(21-17-45(43)41-53)64(55-13-9-33-66-59(55)60-56(64)14-10-34-67-60)49-27-23-47(24-28-49)63(3,4)48-25-29-50(30-26-48)65(57-15-11-35-68-61(57)62-58(65)16-12-36-69-62)52-22-18-46-42-54(71-38-8-6-2)32-20-44(46)40-52/h9-36,39-42H,37-38H2,1-4H3. The topological polar surface area (TPSA) is 70.0 Å². The molecule has 0 unspecified atom stereocenters. The van der Waals surface area contributed by atoms with Crippen molar-refractivity contribution < 1.29 is 9.47 Å². The largest absolute Gasteiger partial charge is 0.481 e. The van der Waals surface area contributed by atoms with Crippen LogP contribution in [0, 0.1) is 23.7 Å². The molecule has 2 aliphatic carbocycles. The van der Waals surface area contributed by atoms with Crippen molar-refractivity contribution in [3.63, 3.8) is 0 Å². The van der Waals surface area contributed by atoms with Gasteiger partial charge < -0.3 is 9.47 Å². The molecule has 2 aliphatic rings. The second kappa shape index (κ2) is 17.3. The quantitative estimate of drug-likeness (QED) is 0.127. The van der Waals surface area contributed by atoms with E-state index in [1.807, 2.05) is 75.0 Å². The molecule has 12 rings (SSSR count). The first kappa shape index (κ1) is 43.4.